The summed E-state index contributed by atoms with van der Waals surface area (Å²) in [4.78, 5) is 36.8. The van der Waals surface area contributed by atoms with Gasteiger partial charge in [0.2, 0.25) is 11.7 Å². The number of ether oxygens (including phenoxy) is 1. The number of aromatic nitrogens is 2. The van der Waals surface area contributed by atoms with Crippen molar-refractivity contribution < 1.29 is 13.9 Å². The van der Waals surface area contributed by atoms with E-state index in [0.717, 1.165) is 12.0 Å². The van der Waals surface area contributed by atoms with E-state index >= 15 is 0 Å². The number of benzene rings is 2. The maximum absolute atomic E-state index is 13.5. The molecule has 1 atom stereocenters. The van der Waals surface area contributed by atoms with E-state index < -0.39 is 11.9 Å². The van der Waals surface area contributed by atoms with Crippen LogP contribution in [0.25, 0.3) is 11.0 Å². The van der Waals surface area contributed by atoms with Crippen LogP contribution in [0.2, 0.25) is 0 Å². The van der Waals surface area contributed by atoms with Crippen molar-refractivity contribution in [3.8, 4) is 5.75 Å². The predicted molar refractivity (Wildman–Crippen MR) is 115 cm³/mol. The van der Waals surface area contributed by atoms with Crippen LogP contribution in [0.3, 0.4) is 0 Å². The molecule has 0 N–H and O–H groups in total. The van der Waals surface area contributed by atoms with E-state index in [1.807, 2.05) is 31.2 Å². The molecule has 1 aliphatic rings. The third-order valence-electron chi connectivity index (χ3n) is 5.19. The number of nitrogens with zero attached hydrogens (tertiary/aromatic N) is 3. The van der Waals surface area contributed by atoms with E-state index in [2.05, 4.69) is 9.97 Å². The number of carbonyl (C=O) groups is 1. The van der Waals surface area contributed by atoms with Crippen LogP contribution in [0.5, 0.6) is 5.75 Å². The Bertz CT molecular complexity index is 1330. The van der Waals surface area contributed by atoms with Crippen LogP contribution in [0.1, 0.15) is 41.1 Å². The van der Waals surface area contributed by atoms with Crippen molar-refractivity contribution in [3.63, 3.8) is 0 Å². The first-order valence-electron chi connectivity index (χ1n) is 10.1. The Morgan fingerprint density at radius 2 is 1.84 bits per heavy atom. The van der Waals surface area contributed by atoms with E-state index in [9.17, 15) is 9.59 Å². The molecule has 0 bridgehead atoms. The lowest BCUT2D eigenvalue weighted by Crippen LogP contribution is -2.31. The molecule has 0 aliphatic carbocycles. The van der Waals surface area contributed by atoms with Gasteiger partial charge >= 0.3 is 0 Å². The molecule has 154 valence electrons. The molecule has 2 aromatic heterocycles. The molecule has 1 unspecified atom stereocenters. The Morgan fingerprint density at radius 3 is 2.65 bits per heavy atom. The highest BCUT2D eigenvalue weighted by molar-refractivity contribution is 6.09. The molecule has 7 heteroatoms. The lowest BCUT2D eigenvalue weighted by atomic mass is 9.98. The smallest absolute Gasteiger partial charge is 0.297 e. The molecule has 7 nitrogen and oxygen atoms in total. The Kier molecular flexibility index (Phi) is 4.71. The van der Waals surface area contributed by atoms with Gasteiger partial charge in [-0.05, 0) is 42.3 Å². The lowest BCUT2D eigenvalue weighted by molar-refractivity contribution is 0.0969. The van der Waals surface area contributed by atoms with Crippen molar-refractivity contribution in [2.45, 2.75) is 19.4 Å². The molecular formula is C24H19N3O4. The number of anilines is 1. The summed E-state index contributed by atoms with van der Waals surface area (Å²) in [5, 5.41) is 0.424. The van der Waals surface area contributed by atoms with Crippen LogP contribution in [-0.4, -0.2) is 22.5 Å². The lowest BCUT2D eigenvalue weighted by Gasteiger charge is -2.23. The van der Waals surface area contributed by atoms with Crippen molar-refractivity contribution in [1.29, 1.82) is 0 Å². The van der Waals surface area contributed by atoms with Gasteiger partial charge in [0.05, 0.1) is 23.6 Å². The molecule has 0 fully saturated rings. The summed E-state index contributed by atoms with van der Waals surface area (Å²) in [7, 11) is 0. The second kappa shape index (κ2) is 7.68. The van der Waals surface area contributed by atoms with Crippen LogP contribution in [0.15, 0.2) is 76.2 Å². The van der Waals surface area contributed by atoms with Gasteiger partial charge in [-0.25, -0.2) is 9.97 Å². The van der Waals surface area contributed by atoms with Gasteiger partial charge in [-0.2, -0.15) is 0 Å². The molecular weight excluding hydrogens is 394 g/mol. The second-order valence-corrected chi connectivity index (χ2v) is 7.22. The molecule has 1 aliphatic heterocycles. The van der Waals surface area contributed by atoms with Crippen LogP contribution in [-0.2, 0) is 0 Å². The molecule has 0 saturated heterocycles. The zero-order valence-electron chi connectivity index (χ0n) is 16.8. The SMILES string of the molecule is CCCOc1cccc(C2c3c(oc4ccccc4c3=O)C(=O)N2c2ncccn2)c1. The Morgan fingerprint density at radius 1 is 1.03 bits per heavy atom. The summed E-state index contributed by atoms with van der Waals surface area (Å²) in [5.74, 6) is 0.432. The number of rotatable bonds is 5. The fourth-order valence-corrected chi connectivity index (χ4v) is 3.85. The molecule has 2 aromatic carbocycles. The average Bonchev–Trinajstić information content (AvgIpc) is 3.11. The Hall–Kier alpha value is -4.00. The van der Waals surface area contributed by atoms with Crippen molar-refractivity contribution in [3.05, 3.63) is 94.1 Å². The van der Waals surface area contributed by atoms with Crippen molar-refractivity contribution in [2.75, 3.05) is 11.5 Å². The maximum atomic E-state index is 13.5. The van der Waals surface area contributed by atoms with E-state index in [-0.39, 0.29) is 22.7 Å². The predicted octanol–water partition coefficient (Wildman–Crippen LogP) is 4.12. The zero-order valence-corrected chi connectivity index (χ0v) is 16.8. The van der Waals surface area contributed by atoms with E-state index in [1.165, 1.54) is 4.90 Å². The van der Waals surface area contributed by atoms with Crippen LogP contribution in [0, 0.1) is 0 Å². The molecule has 5 rings (SSSR count). The minimum Gasteiger partial charge on any atom is -0.494 e. The van der Waals surface area contributed by atoms with Crippen LogP contribution >= 0.6 is 0 Å². The first-order valence-corrected chi connectivity index (χ1v) is 10.1. The third-order valence-corrected chi connectivity index (χ3v) is 5.19. The quantitative estimate of drug-likeness (QED) is 0.489. The average molecular weight is 413 g/mol. The first kappa shape index (κ1) is 19.0. The van der Waals surface area contributed by atoms with Gasteiger partial charge < -0.3 is 9.15 Å². The Labute approximate surface area is 177 Å². The molecule has 0 spiro atoms. The summed E-state index contributed by atoms with van der Waals surface area (Å²) in [5.41, 5.74) is 1.13. The third kappa shape index (κ3) is 3.15. The highest BCUT2D eigenvalue weighted by Gasteiger charge is 2.45. The van der Waals surface area contributed by atoms with Gasteiger partial charge in [0.1, 0.15) is 11.3 Å². The normalized spacial score (nSPS) is 15.3. The molecule has 31 heavy (non-hydrogen) atoms. The van der Waals surface area contributed by atoms with Gasteiger partial charge in [0.15, 0.2) is 5.43 Å². The number of amides is 1. The minimum absolute atomic E-state index is 0.0148. The second-order valence-electron chi connectivity index (χ2n) is 7.22. The minimum atomic E-state index is -0.726. The largest absolute Gasteiger partial charge is 0.494 e. The van der Waals surface area contributed by atoms with E-state index in [0.29, 0.717) is 23.3 Å². The van der Waals surface area contributed by atoms with Crippen LogP contribution < -0.4 is 15.1 Å². The van der Waals surface area contributed by atoms with Crippen molar-refractivity contribution in [2.24, 2.45) is 0 Å². The molecule has 0 radical (unpaired) electrons. The van der Waals surface area contributed by atoms with E-state index in [1.54, 1.807) is 42.7 Å². The summed E-state index contributed by atoms with van der Waals surface area (Å²) in [6, 6.07) is 15.3. The summed E-state index contributed by atoms with van der Waals surface area (Å²) in [6.07, 6.45) is 3.99. The monoisotopic (exact) mass is 413 g/mol. The molecule has 4 aromatic rings. The molecule has 0 saturated carbocycles. The van der Waals surface area contributed by atoms with Crippen molar-refractivity contribution in [1.82, 2.24) is 9.97 Å². The maximum Gasteiger partial charge on any atom is 0.297 e. The Balaban J connectivity index is 1.75. The number of fused-ring (bicyclic) bond motifs is 2. The first-order chi connectivity index (χ1) is 15.2. The molecule has 3 heterocycles. The van der Waals surface area contributed by atoms with Crippen LogP contribution in [0.4, 0.5) is 5.95 Å². The van der Waals surface area contributed by atoms with Gasteiger partial charge in [-0.1, -0.05) is 31.2 Å². The van der Waals surface area contributed by atoms with Gasteiger partial charge in [-0.3, -0.25) is 14.5 Å². The number of carbonyl (C=O) groups excluding carboxylic acids is 1. The topological polar surface area (TPSA) is 85.5 Å². The highest BCUT2D eigenvalue weighted by atomic mass is 16.5. The standard InChI is InChI=1S/C24H19N3O4/c1-2-13-30-16-8-5-7-15(14-16)20-19-21(28)17-9-3-4-10-18(17)31-22(19)23(29)27(20)24-25-11-6-12-26-24/h3-12,14,20H,2,13H2,1H3. The zero-order chi connectivity index (χ0) is 21.4. The number of para-hydroxylation sites is 1. The number of hydrogen-bond acceptors (Lipinski definition) is 6. The fraction of sp³-hybridized carbons (Fsp3) is 0.167. The summed E-state index contributed by atoms with van der Waals surface area (Å²) >= 11 is 0. The van der Waals surface area contributed by atoms with Crippen molar-refractivity contribution >= 4 is 22.8 Å². The van der Waals surface area contributed by atoms with Gasteiger partial charge in [0.25, 0.3) is 5.91 Å². The molecule has 1 amide bonds. The van der Waals surface area contributed by atoms with E-state index in [4.69, 9.17) is 9.15 Å². The highest BCUT2D eigenvalue weighted by Crippen LogP contribution is 2.40. The number of hydrogen-bond donors (Lipinski definition) is 0. The van der Waals surface area contributed by atoms with Gasteiger partial charge in [0, 0.05) is 12.4 Å². The van der Waals surface area contributed by atoms with Gasteiger partial charge in [-0.15, -0.1) is 0 Å². The summed E-state index contributed by atoms with van der Waals surface area (Å²) in [6.45, 7) is 2.60. The summed E-state index contributed by atoms with van der Waals surface area (Å²) < 4.78 is 11.7. The fourth-order valence-electron chi connectivity index (χ4n) is 3.85.